The van der Waals surface area contributed by atoms with E-state index < -0.39 is 7.82 Å². The first-order valence-corrected chi connectivity index (χ1v) is 11.2. The number of aromatic amines is 1. The van der Waals surface area contributed by atoms with Crippen molar-refractivity contribution in [2.75, 3.05) is 20.0 Å². The lowest BCUT2D eigenvalue weighted by molar-refractivity contribution is 0.0537. The van der Waals surface area contributed by atoms with Crippen molar-refractivity contribution in [1.29, 1.82) is 0 Å². The number of hydrogen-bond donors (Lipinski definition) is 1. The Bertz CT molecular complexity index is 925. The number of nitrogens with one attached hydrogen (secondary N) is 1. The minimum absolute atomic E-state index is 0.0430. The highest BCUT2D eigenvalue weighted by Gasteiger charge is 2.25. The second-order valence-corrected chi connectivity index (χ2v) is 8.48. The van der Waals surface area contributed by atoms with Crippen molar-refractivity contribution in [3.8, 4) is 17.4 Å². The maximum atomic E-state index is 12.3. The van der Waals surface area contributed by atoms with Crippen LogP contribution in [-0.4, -0.2) is 30.2 Å². The normalized spacial score (nSPS) is 11.7. The molecule has 1 aromatic carbocycles. The Labute approximate surface area is 176 Å². The van der Waals surface area contributed by atoms with Gasteiger partial charge in [0.1, 0.15) is 11.5 Å². The van der Waals surface area contributed by atoms with E-state index in [1.54, 1.807) is 32.0 Å². The fraction of sp³-hybridized carbons (Fsp3) is 0.500. The lowest BCUT2D eigenvalue weighted by atomic mass is 10.1. The van der Waals surface area contributed by atoms with Gasteiger partial charge in [-0.1, -0.05) is 13.8 Å². The molecule has 9 nitrogen and oxygen atoms in total. The van der Waals surface area contributed by atoms with E-state index in [4.69, 9.17) is 23.0 Å². The third-order valence-electron chi connectivity index (χ3n) is 4.08. The van der Waals surface area contributed by atoms with Gasteiger partial charge in [-0.2, -0.15) is 0 Å². The molecule has 1 N–H and O–H groups in total. The van der Waals surface area contributed by atoms with Gasteiger partial charge >= 0.3 is 7.82 Å². The van der Waals surface area contributed by atoms with Crippen LogP contribution in [0.4, 0.5) is 0 Å². The number of H-pyrrole nitrogens is 1. The molecule has 30 heavy (non-hydrogen) atoms. The SMILES string of the molecule is CCOP(=O)(OCC)OCOc1cc(C)c(Oc2cc(C(C)C)c(=O)[nH]n2)c(C)c1. The number of ether oxygens (including phenoxy) is 2. The van der Waals surface area contributed by atoms with Gasteiger partial charge in [0.2, 0.25) is 5.88 Å². The van der Waals surface area contributed by atoms with E-state index >= 15 is 0 Å². The van der Waals surface area contributed by atoms with E-state index in [0.717, 1.165) is 11.1 Å². The third-order valence-corrected chi connectivity index (χ3v) is 5.65. The zero-order valence-electron chi connectivity index (χ0n) is 18.2. The minimum Gasteiger partial charge on any atom is -0.467 e. The zero-order chi connectivity index (χ0) is 22.3. The molecule has 0 saturated heterocycles. The van der Waals surface area contributed by atoms with Crippen molar-refractivity contribution in [3.63, 3.8) is 0 Å². The van der Waals surface area contributed by atoms with E-state index in [-0.39, 0.29) is 31.5 Å². The van der Waals surface area contributed by atoms with E-state index in [1.807, 2.05) is 27.7 Å². The van der Waals surface area contributed by atoms with Crippen LogP contribution < -0.4 is 15.0 Å². The molecule has 166 valence electrons. The summed E-state index contributed by atoms with van der Waals surface area (Å²) < 4.78 is 39.0. The van der Waals surface area contributed by atoms with Crippen LogP contribution >= 0.6 is 7.82 Å². The molecule has 0 radical (unpaired) electrons. The number of phosphoric ester groups is 1. The van der Waals surface area contributed by atoms with Crippen LogP contribution in [0.1, 0.15) is 50.3 Å². The highest BCUT2D eigenvalue weighted by molar-refractivity contribution is 7.48. The molecular formula is C20H29N2O7P. The van der Waals surface area contributed by atoms with Crippen LogP contribution in [0.5, 0.6) is 17.4 Å². The van der Waals surface area contributed by atoms with Crippen molar-refractivity contribution in [1.82, 2.24) is 10.2 Å². The summed E-state index contributed by atoms with van der Waals surface area (Å²) in [5.41, 5.74) is 1.95. The number of rotatable bonds is 11. The molecule has 0 aliphatic rings. The second-order valence-electron chi connectivity index (χ2n) is 6.81. The second kappa shape index (κ2) is 10.7. The van der Waals surface area contributed by atoms with Crippen molar-refractivity contribution in [2.24, 2.45) is 0 Å². The molecule has 0 unspecified atom stereocenters. The summed E-state index contributed by atoms with van der Waals surface area (Å²) in [6, 6.07) is 5.15. The number of aryl methyl sites for hydroxylation is 2. The first kappa shape index (κ1) is 24.1. The number of hydrogen-bond acceptors (Lipinski definition) is 8. The lowest BCUT2D eigenvalue weighted by Gasteiger charge is -2.17. The quantitative estimate of drug-likeness (QED) is 0.391. The lowest BCUT2D eigenvalue weighted by Crippen LogP contribution is -2.15. The summed E-state index contributed by atoms with van der Waals surface area (Å²) in [5.74, 6) is 1.46. The molecule has 0 saturated carbocycles. The Morgan fingerprint density at radius 3 is 2.17 bits per heavy atom. The van der Waals surface area contributed by atoms with E-state index in [1.165, 1.54) is 0 Å². The van der Waals surface area contributed by atoms with Gasteiger partial charge in [0.15, 0.2) is 6.79 Å². The van der Waals surface area contributed by atoms with Crippen molar-refractivity contribution < 1.29 is 27.6 Å². The van der Waals surface area contributed by atoms with Gasteiger partial charge in [-0.15, -0.1) is 5.10 Å². The summed E-state index contributed by atoms with van der Waals surface area (Å²) in [7, 11) is -3.64. The fourth-order valence-corrected chi connectivity index (χ4v) is 3.77. The summed E-state index contributed by atoms with van der Waals surface area (Å²) in [6.45, 7) is 11.1. The van der Waals surface area contributed by atoms with Crippen LogP contribution in [0, 0.1) is 13.8 Å². The average Bonchev–Trinajstić information content (AvgIpc) is 2.66. The van der Waals surface area contributed by atoms with Gasteiger partial charge in [0, 0.05) is 11.6 Å². The first-order chi connectivity index (χ1) is 14.2. The molecule has 0 atom stereocenters. The highest BCUT2D eigenvalue weighted by Crippen LogP contribution is 2.49. The fourth-order valence-electron chi connectivity index (χ4n) is 2.73. The monoisotopic (exact) mass is 440 g/mol. The van der Waals surface area contributed by atoms with E-state index in [2.05, 4.69) is 10.2 Å². The largest absolute Gasteiger partial charge is 0.477 e. The van der Waals surface area contributed by atoms with Gasteiger partial charge in [-0.25, -0.2) is 14.2 Å². The van der Waals surface area contributed by atoms with Gasteiger partial charge in [-0.05, 0) is 56.9 Å². The third kappa shape index (κ3) is 6.40. The van der Waals surface area contributed by atoms with Crippen LogP contribution in [0.2, 0.25) is 0 Å². The number of phosphoric acid groups is 1. The van der Waals surface area contributed by atoms with Crippen LogP contribution in [0.15, 0.2) is 23.0 Å². The number of benzene rings is 1. The van der Waals surface area contributed by atoms with Crippen molar-refractivity contribution >= 4 is 7.82 Å². The molecule has 0 aliphatic carbocycles. The molecule has 0 bridgehead atoms. The standard InChI is InChI=1S/C20H29N2O7P/c1-7-26-30(24,27-8-2)28-12-25-16-9-14(5)19(15(6)10-16)29-18-11-17(13(3)4)20(23)22-21-18/h9-11,13H,7-8,12H2,1-6H3,(H,22,23). The van der Waals surface area contributed by atoms with Gasteiger partial charge in [0.05, 0.1) is 13.2 Å². The summed E-state index contributed by atoms with van der Waals surface area (Å²) >= 11 is 0. The van der Waals surface area contributed by atoms with Crippen LogP contribution in [0.25, 0.3) is 0 Å². The average molecular weight is 440 g/mol. The maximum absolute atomic E-state index is 12.3. The molecule has 0 aliphatic heterocycles. The van der Waals surface area contributed by atoms with E-state index in [9.17, 15) is 9.36 Å². The van der Waals surface area contributed by atoms with Gasteiger partial charge in [-0.3, -0.25) is 13.8 Å². The van der Waals surface area contributed by atoms with Crippen molar-refractivity contribution in [3.05, 3.63) is 45.2 Å². The molecule has 1 aromatic heterocycles. The van der Waals surface area contributed by atoms with Gasteiger partial charge in [0.25, 0.3) is 5.56 Å². The minimum atomic E-state index is -3.64. The Morgan fingerprint density at radius 2 is 1.63 bits per heavy atom. The predicted molar refractivity (Wildman–Crippen MR) is 112 cm³/mol. The topological polar surface area (TPSA) is 109 Å². The summed E-state index contributed by atoms with van der Waals surface area (Å²) in [6.07, 6.45) is 0. The Kier molecular flexibility index (Phi) is 8.61. The first-order valence-electron chi connectivity index (χ1n) is 9.74. The number of nitrogens with zero attached hydrogens (tertiary/aromatic N) is 1. The Hall–Kier alpha value is -2.19. The smallest absolute Gasteiger partial charge is 0.467 e. The summed E-state index contributed by atoms with van der Waals surface area (Å²) in [5, 5.41) is 6.42. The van der Waals surface area contributed by atoms with E-state index in [0.29, 0.717) is 22.9 Å². The predicted octanol–water partition coefficient (Wildman–Crippen LogP) is 4.84. The zero-order valence-corrected chi connectivity index (χ0v) is 19.1. The highest BCUT2D eigenvalue weighted by atomic mass is 31.2. The van der Waals surface area contributed by atoms with Crippen molar-refractivity contribution in [2.45, 2.75) is 47.5 Å². The molecule has 2 rings (SSSR count). The summed E-state index contributed by atoms with van der Waals surface area (Å²) in [4.78, 5) is 11.9. The molecular weight excluding hydrogens is 411 g/mol. The molecule has 2 aromatic rings. The molecule has 0 amide bonds. The Balaban J connectivity index is 2.11. The maximum Gasteiger partial charge on any atom is 0.477 e. The van der Waals surface area contributed by atoms with Gasteiger partial charge < -0.3 is 9.47 Å². The Morgan fingerprint density at radius 1 is 1.03 bits per heavy atom. The molecule has 10 heteroatoms. The van der Waals surface area contributed by atoms with Crippen LogP contribution in [-0.2, 0) is 18.1 Å². The molecule has 0 fully saturated rings. The molecule has 1 heterocycles. The number of aromatic nitrogens is 2. The van der Waals surface area contributed by atoms with Crippen LogP contribution in [0.3, 0.4) is 0 Å². The molecule has 0 spiro atoms.